The van der Waals surface area contributed by atoms with Gasteiger partial charge in [-0.1, -0.05) is 32.6 Å². The Morgan fingerprint density at radius 3 is 2.76 bits per heavy atom. The van der Waals surface area contributed by atoms with Crippen LogP contribution >= 0.6 is 0 Å². The van der Waals surface area contributed by atoms with E-state index < -0.39 is 4.92 Å². The maximum absolute atomic E-state index is 10.7. The van der Waals surface area contributed by atoms with Crippen LogP contribution in [0.2, 0.25) is 0 Å². The fraction of sp³-hybridized carbons (Fsp3) is 0.600. The van der Waals surface area contributed by atoms with E-state index in [1.165, 1.54) is 31.7 Å². The molecule has 1 fully saturated rings. The van der Waals surface area contributed by atoms with E-state index >= 15 is 0 Å². The van der Waals surface area contributed by atoms with Gasteiger partial charge in [0.2, 0.25) is 5.69 Å². The van der Waals surface area contributed by atoms with Gasteiger partial charge < -0.3 is 5.32 Å². The monoisotopic (exact) mass is 288 g/mol. The van der Waals surface area contributed by atoms with Crippen molar-refractivity contribution in [3.05, 3.63) is 27.9 Å². The number of nitrogens with zero attached hydrogens (tertiary/aromatic N) is 3. The van der Waals surface area contributed by atoms with E-state index in [4.69, 9.17) is 5.26 Å². The van der Waals surface area contributed by atoms with Gasteiger partial charge in [-0.25, -0.2) is 4.98 Å². The molecule has 0 saturated heterocycles. The summed E-state index contributed by atoms with van der Waals surface area (Å²) >= 11 is 0. The topological polar surface area (TPSA) is 91.9 Å². The summed E-state index contributed by atoms with van der Waals surface area (Å²) in [4.78, 5) is 14.1. The number of nitriles is 1. The predicted molar refractivity (Wildman–Crippen MR) is 79.8 cm³/mol. The third-order valence-corrected chi connectivity index (χ3v) is 4.17. The zero-order chi connectivity index (χ0) is 15.2. The number of hydrogen-bond acceptors (Lipinski definition) is 5. The number of nitrogens with one attached hydrogen (secondary N) is 1. The molecule has 0 aliphatic heterocycles. The highest BCUT2D eigenvalue weighted by atomic mass is 16.6. The van der Waals surface area contributed by atoms with Crippen LogP contribution in [-0.2, 0) is 0 Å². The lowest BCUT2D eigenvalue weighted by Gasteiger charge is -2.26. The first kappa shape index (κ1) is 15.2. The van der Waals surface area contributed by atoms with E-state index in [-0.39, 0.29) is 11.4 Å². The number of pyridine rings is 1. The molecule has 0 atom stereocenters. The van der Waals surface area contributed by atoms with E-state index in [1.54, 1.807) is 12.1 Å². The molecular weight excluding hydrogens is 268 g/mol. The van der Waals surface area contributed by atoms with Crippen molar-refractivity contribution in [1.82, 2.24) is 4.98 Å². The molecule has 1 N–H and O–H groups in total. The molecule has 2 rings (SSSR count). The fourth-order valence-corrected chi connectivity index (χ4v) is 2.80. The van der Waals surface area contributed by atoms with Crippen LogP contribution < -0.4 is 5.32 Å². The first-order valence-corrected chi connectivity index (χ1v) is 7.39. The van der Waals surface area contributed by atoms with Crippen LogP contribution in [0, 0.1) is 33.3 Å². The highest BCUT2D eigenvalue weighted by molar-refractivity contribution is 5.50. The van der Waals surface area contributed by atoms with E-state index in [1.807, 2.05) is 0 Å². The molecule has 1 aromatic rings. The molecule has 21 heavy (non-hydrogen) atoms. The summed E-state index contributed by atoms with van der Waals surface area (Å²) in [5.41, 5.74) is -0.388. The van der Waals surface area contributed by atoms with Crippen LogP contribution in [0.3, 0.4) is 0 Å². The van der Waals surface area contributed by atoms with Crippen molar-refractivity contribution in [2.24, 2.45) is 11.8 Å². The second-order valence-electron chi connectivity index (χ2n) is 5.77. The molecule has 0 bridgehead atoms. The van der Waals surface area contributed by atoms with Gasteiger partial charge >= 0.3 is 5.69 Å². The maximum atomic E-state index is 10.7. The van der Waals surface area contributed by atoms with Crippen molar-refractivity contribution in [1.29, 1.82) is 5.26 Å². The van der Waals surface area contributed by atoms with Crippen LogP contribution in [0.25, 0.3) is 0 Å². The van der Waals surface area contributed by atoms with Gasteiger partial charge in [-0.05, 0) is 24.3 Å². The molecule has 112 valence electrons. The average Bonchev–Trinajstić information content (AvgIpc) is 2.49. The van der Waals surface area contributed by atoms with E-state index in [0.717, 1.165) is 24.8 Å². The number of hydrogen-bond donors (Lipinski definition) is 1. The van der Waals surface area contributed by atoms with Gasteiger partial charge in [-0.3, -0.25) is 10.1 Å². The van der Waals surface area contributed by atoms with Gasteiger partial charge in [0.05, 0.1) is 4.92 Å². The third-order valence-electron chi connectivity index (χ3n) is 4.17. The molecule has 0 radical (unpaired) electrons. The van der Waals surface area contributed by atoms with E-state index in [0.29, 0.717) is 5.82 Å². The van der Waals surface area contributed by atoms with Crippen molar-refractivity contribution >= 4 is 11.5 Å². The van der Waals surface area contributed by atoms with Crippen molar-refractivity contribution in [3.63, 3.8) is 0 Å². The van der Waals surface area contributed by atoms with E-state index in [9.17, 15) is 10.1 Å². The van der Waals surface area contributed by atoms with Gasteiger partial charge in [-0.15, -0.1) is 0 Å². The molecule has 0 spiro atoms. The largest absolute Gasteiger partial charge is 0.370 e. The molecule has 0 unspecified atom stereocenters. The summed E-state index contributed by atoms with van der Waals surface area (Å²) in [5, 5.41) is 22.8. The molecule has 0 amide bonds. The highest BCUT2D eigenvalue weighted by Gasteiger charge is 2.18. The van der Waals surface area contributed by atoms with Crippen molar-refractivity contribution in [3.8, 4) is 6.07 Å². The average molecular weight is 288 g/mol. The molecule has 1 aromatic heterocycles. The molecule has 1 saturated carbocycles. The molecule has 6 heteroatoms. The Kier molecular flexibility index (Phi) is 5.09. The van der Waals surface area contributed by atoms with Gasteiger partial charge in [0.25, 0.3) is 0 Å². The van der Waals surface area contributed by atoms with E-state index in [2.05, 4.69) is 17.2 Å². The lowest BCUT2D eigenvalue weighted by Crippen LogP contribution is -2.16. The molecule has 0 aromatic carbocycles. The van der Waals surface area contributed by atoms with Crippen LogP contribution in [0.5, 0.6) is 0 Å². The number of aromatic nitrogens is 1. The Morgan fingerprint density at radius 2 is 2.14 bits per heavy atom. The Balaban J connectivity index is 1.86. The lowest BCUT2D eigenvalue weighted by atomic mass is 9.81. The van der Waals surface area contributed by atoms with Gasteiger partial charge in [0.15, 0.2) is 0 Å². The predicted octanol–water partition coefficient (Wildman–Crippen LogP) is 3.49. The Hall–Kier alpha value is -2.16. The minimum absolute atomic E-state index is 0.142. The first-order chi connectivity index (χ1) is 10.1. The molecule has 1 aliphatic carbocycles. The summed E-state index contributed by atoms with van der Waals surface area (Å²) in [5.74, 6) is 2.13. The number of anilines is 1. The number of rotatable bonds is 5. The summed E-state index contributed by atoms with van der Waals surface area (Å²) in [6.07, 6.45) is 6.24. The van der Waals surface area contributed by atoms with Gasteiger partial charge in [0, 0.05) is 12.6 Å². The van der Waals surface area contributed by atoms with Crippen molar-refractivity contribution in [2.75, 3.05) is 11.9 Å². The van der Waals surface area contributed by atoms with Crippen LogP contribution in [0.1, 0.15) is 44.7 Å². The smallest absolute Gasteiger partial charge is 0.305 e. The van der Waals surface area contributed by atoms with Gasteiger partial charge in [0.1, 0.15) is 11.9 Å². The first-order valence-electron chi connectivity index (χ1n) is 7.39. The second-order valence-corrected chi connectivity index (χ2v) is 5.77. The zero-order valence-corrected chi connectivity index (χ0v) is 12.2. The summed E-state index contributed by atoms with van der Waals surface area (Å²) in [7, 11) is 0. The van der Waals surface area contributed by atoms with Crippen LogP contribution in [0.4, 0.5) is 11.5 Å². The second kappa shape index (κ2) is 7.02. The maximum Gasteiger partial charge on any atom is 0.305 e. The van der Waals surface area contributed by atoms with Crippen molar-refractivity contribution < 1.29 is 4.92 Å². The minimum atomic E-state index is -0.585. The lowest BCUT2D eigenvalue weighted by molar-refractivity contribution is -0.385. The fourth-order valence-electron chi connectivity index (χ4n) is 2.80. The van der Waals surface area contributed by atoms with Crippen LogP contribution in [0.15, 0.2) is 12.1 Å². The quantitative estimate of drug-likeness (QED) is 0.661. The van der Waals surface area contributed by atoms with Crippen molar-refractivity contribution in [2.45, 2.75) is 39.0 Å². The Labute approximate surface area is 124 Å². The van der Waals surface area contributed by atoms with Crippen LogP contribution in [-0.4, -0.2) is 16.5 Å². The minimum Gasteiger partial charge on any atom is -0.370 e. The highest BCUT2D eigenvalue weighted by Crippen LogP contribution is 2.30. The normalized spacial score (nSPS) is 21.5. The molecular formula is C15H20N4O2. The summed E-state index contributed by atoms with van der Waals surface area (Å²) < 4.78 is 0. The van der Waals surface area contributed by atoms with Gasteiger partial charge in [-0.2, -0.15) is 5.26 Å². The Bertz CT molecular complexity index is 545. The number of nitro groups is 1. The standard InChI is InChI=1S/C15H20N4O2/c1-11-2-4-12(5-3-11)8-9-17-15-7-6-14(19(20)21)13(10-16)18-15/h6-7,11-12H,2-5,8-9H2,1H3,(H,17,18). The molecule has 1 aliphatic rings. The molecule has 1 heterocycles. The third kappa shape index (κ3) is 4.15. The zero-order valence-electron chi connectivity index (χ0n) is 12.2. The molecule has 6 nitrogen and oxygen atoms in total. The Morgan fingerprint density at radius 1 is 1.43 bits per heavy atom. The summed E-state index contributed by atoms with van der Waals surface area (Å²) in [6.45, 7) is 3.09. The SMILES string of the molecule is CC1CCC(CCNc2ccc([N+](=O)[O-])c(C#N)n2)CC1. The summed E-state index contributed by atoms with van der Waals surface area (Å²) in [6, 6.07) is 4.66.